The molecule has 9 heteroatoms. The number of ether oxygens (including phenoxy) is 2. The maximum Gasteiger partial charge on any atom is 0.319 e. The lowest BCUT2D eigenvalue weighted by Crippen LogP contribution is -2.46. The van der Waals surface area contributed by atoms with E-state index in [1.165, 1.54) is 0 Å². The molecule has 0 saturated carbocycles. The van der Waals surface area contributed by atoms with E-state index in [1.807, 2.05) is 62.6 Å². The predicted octanol–water partition coefficient (Wildman–Crippen LogP) is 2.98. The number of anilines is 3. The van der Waals surface area contributed by atoms with Crippen LogP contribution in [-0.4, -0.2) is 67.6 Å². The van der Waals surface area contributed by atoms with Gasteiger partial charge in [-0.15, -0.1) is 0 Å². The minimum absolute atomic E-state index is 0.111. The van der Waals surface area contributed by atoms with Gasteiger partial charge in [-0.1, -0.05) is 30.3 Å². The second-order valence-corrected chi connectivity index (χ2v) is 8.62. The number of urea groups is 1. The van der Waals surface area contributed by atoms with Crippen molar-refractivity contribution in [2.45, 2.75) is 24.3 Å². The number of aromatic nitrogens is 2. The van der Waals surface area contributed by atoms with Crippen molar-refractivity contribution in [3.05, 3.63) is 66.9 Å². The van der Waals surface area contributed by atoms with Crippen molar-refractivity contribution in [3.8, 4) is 11.3 Å². The molecule has 4 atom stereocenters. The third kappa shape index (κ3) is 4.80. The van der Waals surface area contributed by atoms with Crippen LogP contribution in [0.3, 0.4) is 0 Å². The number of carbonyl (C=O) groups is 1. The predicted molar refractivity (Wildman–Crippen MR) is 131 cm³/mol. The van der Waals surface area contributed by atoms with Gasteiger partial charge in [-0.2, -0.15) is 0 Å². The molecular formula is C25H28N6O3. The number of hydrogen-bond acceptors (Lipinski definition) is 7. The smallest absolute Gasteiger partial charge is 0.319 e. The summed E-state index contributed by atoms with van der Waals surface area (Å²) in [5.74, 6) is 0.519. The first-order valence-electron chi connectivity index (χ1n) is 11.3. The lowest BCUT2D eigenvalue weighted by molar-refractivity contribution is 0.0683. The van der Waals surface area contributed by atoms with E-state index in [2.05, 4.69) is 43.0 Å². The highest BCUT2D eigenvalue weighted by Crippen LogP contribution is 2.29. The molecule has 176 valence electrons. The number of carbonyl (C=O) groups excluding carboxylic acids is 1. The SMILES string of the molecule is CN(C)c1ccc(-c2ccnc(N[C@H]3CO[C@H]4[C@@H]3OC[C@@H]4NC(=O)Nc3ccccc3)n2)cc1. The Hall–Kier alpha value is -3.69. The van der Waals surface area contributed by atoms with Gasteiger partial charge in [-0.05, 0) is 30.3 Å². The van der Waals surface area contributed by atoms with Crippen LogP contribution in [0.5, 0.6) is 0 Å². The molecule has 0 bridgehead atoms. The number of rotatable bonds is 6. The molecule has 0 spiro atoms. The number of hydrogen-bond donors (Lipinski definition) is 3. The summed E-state index contributed by atoms with van der Waals surface area (Å²) in [5.41, 5.74) is 3.71. The zero-order chi connectivity index (χ0) is 23.5. The molecule has 3 aromatic rings. The standard InChI is InChI=1S/C25H28N6O3/c1-31(2)18-10-8-16(9-11-18)19-12-13-26-24(28-19)29-20-14-33-23-21(15-34-22(20)23)30-25(32)27-17-6-4-3-5-7-17/h3-13,20-23H,14-15H2,1-2H3,(H,26,28,29)(H2,27,30,32)/t20-,21-,22+,23+/m0/s1. The van der Waals surface area contributed by atoms with Crippen molar-refractivity contribution in [1.82, 2.24) is 15.3 Å². The highest BCUT2D eigenvalue weighted by Gasteiger charge is 2.48. The first kappa shape index (κ1) is 22.1. The van der Waals surface area contributed by atoms with Gasteiger partial charge >= 0.3 is 6.03 Å². The quantitative estimate of drug-likeness (QED) is 0.520. The number of benzene rings is 2. The molecule has 0 aliphatic carbocycles. The van der Waals surface area contributed by atoms with Gasteiger partial charge in [0.2, 0.25) is 5.95 Å². The number of nitrogens with zero attached hydrogens (tertiary/aromatic N) is 3. The topological polar surface area (TPSA) is 101 Å². The Labute approximate surface area is 198 Å². The summed E-state index contributed by atoms with van der Waals surface area (Å²) in [6.45, 7) is 0.827. The van der Waals surface area contributed by atoms with Crippen LogP contribution >= 0.6 is 0 Å². The first-order chi connectivity index (χ1) is 16.6. The van der Waals surface area contributed by atoms with Crippen LogP contribution < -0.4 is 20.9 Å². The van der Waals surface area contributed by atoms with Gasteiger partial charge in [0.25, 0.3) is 0 Å². The molecule has 1 aromatic heterocycles. The van der Waals surface area contributed by atoms with Crippen molar-refractivity contribution >= 4 is 23.4 Å². The van der Waals surface area contributed by atoms with Crippen LogP contribution in [-0.2, 0) is 9.47 Å². The Morgan fingerprint density at radius 1 is 0.941 bits per heavy atom. The van der Waals surface area contributed by atoms with Gasteiger partial charge in [0.15, 0.2) is 0 Å². The molecule has 3 N–H and O–H groups in total. The summed E-state index contributed by atoms with van der Waals surface area (Å²) in [6.07, 6.45) is 1.31. The zero-order valence-corrected chi connectivity index (χ0v) is 19.1. The molecule has 0 radical (unpaired) electrons. The number of amides is 2. The molecule has 2 aromatic carbocycles. The van der Waals surface area contributed by atoms with E-state index < -0.39 is 0 Å². The van der Waals surface area contributed by atoms with Crippen molar-refractivity contribution in [3.63, 3.8) is 0 Å². The number of para-hydroxylation sites is 1. The minimum atomic E-state index is -0.281. The van der Waals surface area contributed by atoms with Crippen LogP contribution in [0.2, 0.25) is 0 Å². The fourth-order valence-electron chi connectivity index (χ4n) is 4.29. The number of fused-ring (bicyclic) bond motifs is 1. The molecule has 3 heterocycles. The largest absolute Gasteiger partial charge is 0.378 e. The summed E-state index contributed by atoms with van der Waals surface area (Å²) >= 11 is 0. The highest BCUT2D eigenvalue weighted by atomic mass is 16.6. The van der Waals surface area contributed by atoms with Crippen molar-refractivity contribution in [1.29, 1.82) is 0 Å². The molecule has 2 saturated heterocycles. The molecule has 2 aliphatic rings. The summed E-state index contributed by atoms with van der Waals surface area (Å²) in [4.78, 5) is 23.5. The highest BCUT2D eigenvalue weighted by molar-refractivity contribution is 5.89. The zero-order valence-electron chi connectivity index (χ0n) is 19.1. The summed E-state index contributed by atoms with van der Waals surface area (Å²) < 4.78 is 12.0. The molecular weight excluding hydrogens is 432 g/mol. The Kier molecular flexibility index (Phi) is 6.29. The van der Waals surface area contributed by atoms with Crippen LogP contribution in [0, 0.1) is 0 Å². The van der Waals surface area contributed by atoms with Crippen molar-refractivity contribution in [2.75, 3.05) is 42.8 Å². The average Bonchev–Trinajstić information content (AvgIpc) is 3.43. The van der Waals surface area contributed by atoms with E-state index in [4.69, 9.17) is 9.47 Å². The fourth-order valence-corrected chi connectivity index (χ4v) is 4.29. The van der Waals surface area contributed by atoms with E-state index in [9.17, 15) is 4.79 Å². The summed E-state index contributed by atoms with van der Waals surface area (Å²) in [7, 11) is 4.03. The van der Waals surface area contributed by atoms with Crippen molar-refractivity contribution in [2.24, 2.45) is 0 Å². The summed E-state index contributed by atoms with van der Waals surface area (Å²) in [6, 6.07) is 18.8. The van der Waals surface area contributed by atoms with E-state index in [0.29, 0.717) is 19.2 Å². The third-order valence-electron chi connectivity index (χ3n) is 6.05. The van der Waals surface area contributed by atoms with Gasteiger partial charge in [-0.3, -0.25) is 0 Å². The van der Waals surface area contributed by atoms with Gasteiger partial charge < -0.3 is 30.3 Å². The number of nitrogens with one attached hydrogen (secondary N) is 3. The van der Waals surface area contributed by atoms with E-state index >= 15 is 0 Å². The van der Waals surface area contributed by atoms with Crippen LogP contribution in [0.25, 0.3) is 11.3 Å². The van der Waals surface area contributed by atoms with Gasteiger partial charge in [0, 0.05) is 37.2 Å². The Morgan fingerprint density at radius 2 is 1.65 bits per heavy atom. The van der Waals surface area contributed by atoms with Crippen LogP contribution in [0.4, 0.5) is 22.1 Å². The molecule has 2 fully saturated rings. The first-order valence-corrected chi connectivity index (χ1v) is 11.3. The second kappa shape index (κ2) is 9.66. The lowest BCUT2D eigenvalue weighted by atomic mass is 10.1. The molecule has 5 rings (SSSR count). The van der Waals surface area contributed by atoms with E-state index in [1.54, 1.807) is 6.20 Å². The lowest BCUT2D eigenvalue weighted by Gasteiger charge is -2.19. The Bertz CT molecular complexity index is 1130. The second-order valence-electron chi connectivity index (χ2n) is 8.62. The summed E-state index contributed by atoms with van der Waals surface area (Å²) in [5, 5.41) is 9.15. The van der Waals surface area contributed by atoms with Crippen LogP contribution in [0.1, 0.15) is 0 Å². The van der Waals surface area contributed by atoms with E-state index in [-0.39, 0.29) is 30.3 Å². The Morgan fingerprint density at radius 3 is 2.38 bits per heavy atom. The molecule has 2 amide bonds. The monoisotopic (exact) mass is 460 g/mol. The minimum Gasteiger partial charge on any atom is -0.378 e. The maximum absolute atomic E-state index is 12.4. The molecule has 34 heavy (non-hydrogen) atoms. The fraction of sp³-hybridized carbons (Fsp3) is 0.320. The van der Waals surface area contributed by atoms with Gasteiger partial charge in [0.05, 0.1) is 31.0 Å². The Balaban J connectivity index is 1.20. The average molecular weight is 461 g/mol. The molecule has 0 unspecified atom stereocenters. The van der Waals surface area contributed by atoms with E-state index in [0.717, 1.165) is 22.6 Å². The normalized spacial score (nSPS) is 23.2. The van der Waals surface area contributed by atoms with Crippen molar-refractivity contribution < 1.29 is 14.3 Å². The molecule has 2 aliphatic heterocycles. The van der Waals surface area contributed by atoms with Gasteiger partial charge in [-0.25, -0.2) is 14.8 Å². The van der Waals surface area contributed by atoms with Crippen LogP contribution in [0.15, 0.2) is 66.9 Å². The molecule has 9 nitrogen and oxygen atoms in total. The maximum atomic E-state index is 12.4. The third-order valence-corrected chi connectivity index (χ3v) is 6.05. The van der Waals surface area contributed by atoms with Gasteiger partial charge in [0.1, 0.15) is 12.2 Å².